The molecule has 0 aliphatic rings. The molecule has 3 rings (SSSR count). The first-order valence-electron chi connectivity index (χ1n) is 9.60. The van der Waals surface area contributed by atoms with Crippen LogP contribution in [0.25, 0.3) is 0 Å². The average Bonchev–Trinajstić information content (AvgIpc) is 2.76. The van der Waals surface area contributed by atoms with Crippen LogP contribution < -0.4 is 0 Å². The van der Waals surface area contributed by atoms with Crippen molar-refractivity contribution in [2.75, 3.05) is 6.61 Å². The summed E-state index contributed by atoms with van der Waals surface area (Å²) in [6.07, 6.45) is -0.479. The summed E-state index contributed by atoms with van der Waals surface area (Å²) in [6, 6.07) is 25.6. The predicted octanol–water partition coefficient (Wildman–Crippen LogP) is 5.18. The normalized spacial score (nSPS) is 12.6. The third-order valence-electron chi connectivity index (χ3n) is 4.86. The molecule has 4 nitrogen and oxygen atoms in total. The van der Waals surface area contributed by atoms with Gasteiger partial charge in [-0.1, -0.05) is 60.7 Å². The molecule has 148 valence electrons. The molecule has 0 radical (unpaired) electrons. The topological polar surface area (TPSA) is 52.6 Å². The van der Waals surface area contributed by atoms with E-state index in [4.69, 9.17) is 9.47 Å². The Morgan fingerprint density at radius 2 is 1.28 bits per heavy atom. The van der Waals surface area contributed by atoms with Gasteiger partial charge < -0.3 is 9.47 Å². The fraction of sp³-hybridized carbons (Fsp3) is 0.200. The highest BCUT2D eigenvalue weighted by Crippen LogP contribution is 2.26. The van der Waals surface area contributed by atoms with Gasteiger partial charge in [-0.25, -0.2) is 9.59 Å². The van der Waals surface area contributed by atoms with Gasteiger partial charge >= 0.3 is 11.9 Å². The summed E-state index contributed by atoms with van der Waals surface area (Å²) in [4.78, 5) is 24.9. The summed E-state index contributed by atoms with van der Waals surface area (Å²) in [5, 5.41) is 0. The van der Waals surface area contributed by atoms with Crippen molar-refractivity contribution in [2.45, 2.75) is 25.9 Å². The first-order valence-corrected chi connectivity index (χ1v) is 9.60. The molecule has 3 aromatic rings. The number of rotatable bonds is 7. The van der Waals surface area contributed by atoms with E-state index in [1.807, 2.05) is 50.2 Å². The second-order valence-corrected chi connectivity index (χ2v) is 6.90. The van der Waals surface area contributed by atoms with Crippen LogP contribution in [-0.2, 0) is 9.47 Å². The van der Waals surface area contributed by atoms with Crippen molar-refractivity contribution >= 4 is 11.9 Å². The molecule has 0 N–H and O–H groups in total. The highest BCUT2D eigenvalue weighted by Gasteiger charge is 2.26. The van der Waals surface area contributed by atoms with E-state index in [2.05, 4.69) is 0 Å². The van der Waals surface area contributed by atoms with Crippen molar-refractivity contribution in [1.82, 2.24) is 0 Å². The van der Waals surface area contributed by atoms with E-state index in [9.17, 15) is 9.59 Å². The maximum Gasteiger partial charge on any atom is 0.338 e. The Morgan fingerprint density at radius 1 is 0.759 bits per heavy atom. The second-order valence-electron chi connectivity index (χ2n) is 6.90. The van der Waals surface area contributed by atoms with E-state index in [1.165, 1.54) is 0 Å². The van der Waals surface area contributed by atoms with Gasteiger partial charge in [-0.3, -0.25) is 0 Å². The molecule has 0 bridgehead atoms. The van der Waals surface area contributed by atoms with E-state index in [0.29, 0.717) is 11.1 Å². The van der Waals surface area contributed by atoms with Crippen molar-refractivity contribution in [3.8, 4) is 0 Å². The molecule has 2 unspecified atom stereocenters. The van der Waals surface area contributed by atoms with E-state index in [0.717, 1.165) is 11.1 Å². The van der Waals surface area contributed by atoms with Crippen LogP contribution in [0.4, 0.5) is 0 Å². The molecule has 2 atom stereocenters. The van der Waals surface area contributed by atoms with Crippen molar-refractivity contribution in [1.29, 1.82) is 0 Å². The summed E-state index contributed by atoms with van der Waals surface area (Å²) in [6.45, 7) is 3.93. The number of carbonyl (C=O) groups is 2. The zero-order valence-corrected chi connectivity index (χ0v) is 16.6. The molecule has 0 fully saturated rings. The minimum absolute atomic E-state index is 0.113. The fourth-order valence-electron chi connectivity index (χ4n) is 3.20. The molecule has 0 spiro atoms. The number of ether oxygens (including phenoxy) is 2. The molecular weight excluding hydrogens is 364 g/mol. The lowest BCUT2D eigenvalue weighted by Gasteiger charge is -2.25. The van der Waals surface area contributed by atoms with Gasteiger partial charge in [0.2, 0.25) is 0 Å². The highest BCUT2D eigenvalue weighted by atomic mass is 16.6. The van der Waals surface area contributed by atoms with E-state index in [-0.39, 0.29) is 12.5 Å². The van der Waals surface area contributed by atoms with Crippen molar-refractivity contribution < 1.29 is 19.1 Å². The van der Waals surface area contributed by atoms with Gasteiger partial charge in [0.25, 0.3) is 0 Å². The third-order valence-corrected chi connectivity index (χ3v) is 4.86. The third kappa shape index (κ3) is 5.32. The number of hydrogen-bond donors (Lipinski definition) is 0. The number of benzene rings is 3. The maximum absolute atomic E-state index is 12.5. The Kier molecular flexibility index (Phi) is 6.80. The molecule has 0 aliphatic carbocycles. The standard InChI is InChI=1S/C25H24O4/c1-18-11-9-10-16-22(18)23(17-28-24(26)20-12-5-3-6-13-20)19(2)29-25(27)21-14-7-4-8-15-21/h3-16,19,23H,17H2,1-2H3. The number of aryl methyl sites for hydroxylation is 1. The van der Waals surface area contributed by atoms with Crippen LogP contribution in [0.1, 0.15) is 44.7 Å². The minimum atomic E-state index is -0.479. The Hall–Kier alpha value is -3.40. The Morgan fingerprint density at radius 3 is 1.86 bits per heavy atom. The molecule has 0 aliphatic heterocycles. The largest absolute Gasteiger partial charge is 0.461 e. The Bertz CT molecular complexity index is 951. The molecule has 0 heterocycles. The quantitative estimate of drug-likeness (QED) is 0.523. The van der Waals surface area contributed by atoms with Crippen LogP contribution in [0.3, 0.4) is 0 Å². The van der Waals surface area contributed by atoms with Crippen molar-refractivity contribution in [3.63, 3.8) is 0 Å². The van der Waals surface area contributed by atoms with E-state index < -0.39 is 18.0 Å². The van der Waals surface area contributed by atoms with Gasteiger partial charge in [-0.15, -0.1) is 0 Å². The Labute approximate surface area is 171 Å². The van der Waals surface area contributed by atoms with Crippen molar-refractivity contribution in [2.24, 2.45) is 0 Å². The summed E-state index contributed by atoms with van der Waals surface area (Å²) >= 11 is 0. The molecule has 0 aromatic heterocycles. The number of hydrogen-bond acceptors (Lipinski definition) is 4. The van der Waals surface area contributed by atoms with Gasteiger partial charge in [-0.2, -0.15) is 0 Å². The predicted molar refractivity (Wildman–Crippen MR) is 112 cm³/mol. The van der Waals surface area contributed by atoms with Gasteiger partial charge in [0.05, 0.1) is 17.0 Å². The molecule has 4 heteroatoms. The zero-order valence-electron chi connectivity index (χ0n) is 16.6. The maximum atomic E-state index is 12.5. The lowest BCUT2D eigenvalue weighted by Crippen LogP contribution is -2.28. The molecular formula is C25H24O4. The van der Waals surface area contributed by atoms with Gasteiger partial charge in [-0.05, 0) is 49.2 Å². The average molecular weight is 388 g/mol. The highest BCUT2D eigenvalue weighted by molar-refractivity contribution is 5.90. The monoisotopic (exact) mass is 388 g/mol. The van der Waals surface area contributed by atoms with E-state index in [1.54, 1.807) is 48.5 Å². The van der Waals surface area contributed by atoms with Crippen LogP contribution >= 0.6 is 0 Å². The van der Waals surface area contributed by atoms with Crippen LogP contribution in [0.2, 0.25) is 0 Å². The summed E-state index contributed by atoms with van der Waals surface area (Å²) in [7, 11) is 0. The second kappa shape index (κ2) is 9.69. The number of esters is 2. The molecule has 0 amide bonds. The van der Waals surface area contributed by atoms with Gasteiger partial charge in [0.15, 0.2) is 0 Å². The van der Waals surface area contributed by atoms with Crippen LogP contribution in [0.15, 0.2) is 84.9 Å². The lowest BCUT2D eigenvalue weighted by molar-refractivity contribution is 0.0152. The summed E-state index contributed by atoms with van der Waals surface area (Å²) in [5.41, 5.74) is 3.02. The minimum Gasteiger partial charge on any atom is -0.461 e. The van der Waals surface area contributed by atoms with Crippen LogP contribution in [0, 0.1) is 6.92 Å². The van der Waals surface area contributed by atoms with Crippen molar-refractivity contribution in [3.05, 3.63) is 107 Å². The zero-order chi connectivity index (χ0) is 20.6. The fourth-order valence-corrected chi connectivity index (χ4v) is 3.20. The number of carbonyl (C=O) groups excluding carboxylic acids is 2. The van der Waals surface area contributed by atoms with Gasteiger partial charge in [0.1, 0.15) is 12.7 Å². The summed E-state index contributed by atoms with van der Waals surface area (Å²) in [5.74, 6) is -1.08. The Balaban J connectivity index is 1.77. The first kappa shape index (κ1) is 20.3. The molecule has 0 saturated heterocycles. The van der Waals surface area contributed by atoms with Crippen LogP contribution in [0.5, 0.6) is 0 Å². The SMILES string of the molecule is Cc1ccccc1C(COC(=O)c1ccccc1)C(C)OC(=O)c1ccccc1. The van der Waals surface area contributed by atoms with E-state index >= 15 is 0 Å². The van der Waals surface area contributed by atoms with Crippen LogP contribution in [-0.4, -0.2) is 24.6 Å². The molecule has 29 heavy (non-hydrogen) atoms. The summed E-state index contributed by atoms with van der Waals surface area (Å²) < 4.78 is 11.3. The first-order chi connectivity index (χ1) is 14.1. The lowest BCUT2D eigenvalue weighted by atomic mass is 9.91. The van der Waals surface area contributed by atoms with Gasteiger partial charge in [0, 0.05) is 0 Å². The molecule has 3 aromatic carbocycles. The molecule has 0 saturated carbocycles. The smallest absolute Gasteiger partial charge is 0.338 e.